The van der Waals surface area contributed by atoms with Crippen molar-refractivity contribution < 1.29 is 14.4 Å². The van der Waals surface area contributed by atoms with E-state index in [0.717, 1.165) is 24.1 Å². The molecule has 1 atom stereocenters. The van der Waals surface area contributed by atoms with Gasteiger partial charge in [-0.25, -0.2) is 0 Å². The number of aryl methyl sites for hydroxylation is 1. The number of nitrogens with zero attached hydrogens (tertiary/aromatic N) is 1. The smallest absolute Gasteiger partial charge is 0.239 e. The summed E-state index contributed by atoms with van der Waals surface area (Å²) in [7, 11) is 0. The number of carbonyl (C=O) groups is 3. The zero-order valence-corrected chi connectivity index (χ0v) is 13.2. The molecule has 1 heterocycles. The lowest BCUT2D eigenvalue weighted by molar-refractivity contribution is -0.129. The van der Waals surface area contributed by atoms with Crippen LogP contribution in [0.25, 0.3) is 0 Å². The second-order valence-electron chi connectivity index (χ2n) is 6.30. The number of amides is 3. The summed E-state index contributed by atoms with van der Waals surface area (Å²) >= 11 is 0. The SMILES string of the molecule is Cc1ccc(N2C[C@H](C(=O)NCC(=O)NC3CC3)CC2=O)cc1. The van der Waals surface area contributed by atoms with Crippen LogP contribution in [0.15, 0.2) is 24.3 Å². The molecule has 23 heavy (non-hydrogen) atoms. The van der Waals surface area contributed by atoms with Crippen LogP contribution in [0.1, 0.15) is 24.8 Å². The highest BCUT2D eigenvalue weighted by atomic mass is 16.2. The molecule has 0 spiro atoms. The molecular formula is C17H21N3O3. The molecule has 0 aromatic heterocycles. The molecule has 1 aliphatic carbocycles. The number of hydrogen-bond acceptors (Lipinski definition) is 3. The van der Waals surface area contributed by atoms with Gasteiger partial charge in [0.25, 0.3) is 0 Å². The summed E-state index contributed by atoms with van der Waals surface area (Å²) in [6, 6.07) is 7.94. The van der Waals surface area contributed by atoms with Gasteiger partial charge in [-0.15, -0.1) is 0 Å². The number of anilines is 1. The second kappa shape index (κ2) is 6.40. The van der Waals surface area contributed by atoms with Crippen molar-refractivity contribution in [1.29, 1.82) is 0 Å². The van der Waals surface area contributed by atoms with Crippen LogP contribution in [0.3, 0.4) is 0 Å². The van der Waals surface area contributed by atoms with Crippen molar-refractivity contribution in [2.75, 3.05) is 18.0 Å². The molecule has 3 amide bonds. The van der Waals surface area contributed by atoms with E-state index in [1.807, 2.05) is 31.2 Å². The molecule has 3 rings (SSSR count). The number of rotatable bonds is 5. The Morgan fingerprint density at radius 1 is 1.22 bits per heavy atom. The topological polar surface area (TPSA) is 78.5 Å². The van der Waals surface area contributed by atoms with Crippen molar-refractivity contribution in [1.82, 2.24) is 10.6 Å². The Morgan fingerprint density at radius 3 is 2.57 bits per heavy atom. The Kier molecular flexibility index (Phi) is 4.32. The summed E-state index contributed by atoms with van der Waals surface area (Å²) in [4.78, 5) is 37.5. The third-order valence-electron chi connectivity index (χ3n) is 4.21. The largest absolute Gasteiger partial charge is 0.352 e. The minimum absolute atomic E-state index is 0.0233. The summed E-state index contributed by atoms with van der Waals surface area (Å²) < 4.78 is 0. The Labute approximate surface area is 135 Å². The minimum Gasteiger partial charge on any atom is -0.352 e. The molecule has 1 aromatic carbocycles. The predicted octanol–water partition coefficient (Wildman–Crippen LogP) is 0.743. The molecule has 6 nitrogen and oxygen atoms in total. The molecule has 1 saturated carbocycles. The van der Waals surface area contributed by atoms with Crippen molar-refractivity contribution >= 4 is 23.4 Å². The molecule has 1 saturated heterocycles. The first-order valence-electron chi connectivity index (χ1n) is 7.97. The quantitative estimate of drug-likeness (QED) is 0.841. The lowest BCUT2D eigenvalue weighted by Gasteiger charge is -2.17. The maximum Gasteiger partial charge on any atom is 0.239 e. The van der Waals surface area contributed by atoms with Gasteiger partial charge in [-0.05, 0) is 31.9 Å². The van der Waals surface area contributed by atoms with Gasteiger partial charge in [0.05, 0.1) is 12.5 Å². The van der Waals surface area contributed by atoms with Gasteiger partial charge in [-0.3, -0.25) is 14.4 Å². The van der Waals surface area contributed by atoms with Gasteiger partial charge in [-0.2, -0.15) is 0 Å². The van der Waals surface area contributed by atoms with Crippen LogP contribution in [0, 0.1) is 12.8 Å². The van der Waals surface area contributed by atoms with Crippen LogP contribution in [-0.4, -0.2) is 36.9 Å². The van der Waals surface area contributed by atoms with E-state index < -0.39 is 5.92 Å². The molecule has 122 valence electrons. The van der Waals surface area contributed by atoms with Crippen molar-refractivity contribution in [3.8, 4) is 0 Å². The molecule has 2 aliphatic rings. The van der Waals surface area contributed by atoms with Crippen LogP contribution in [0.2, 0.25) is 0 Å². The van der Waals surface area contributed by atoms with Crippen LogP contribution >= 0.6 is 0 Å². The van der Waals surface area contributed by atoms with Crippen LogP contribution in [0.4, 0.5) is 5.69 Å². The molecular weight excluding hydrogens is 294 g/mol. The normalized spacial score (nSPS) is 20.5. The first-order chi connectivity index (χ1) is 11.0. The predicted molar refractivity (Wildman–Crippen MR) is 85.8 cm³/mol. The Bertz CT molecular complexity index is 622. The molecule has 0 radical (unpaired) electrons. The van der Waals surface area contributed by atoms with E-state index in [2.05, 4.69) is 10.6 Å². The minimum atomic E-state index is -0.405. The average molecular weight is 315 g/mol. The highest BCUT2D eigenvalue weighted by Gasteiger charge is 2.35. The summed E-state index contributed by atoms with van der Waals surface area (Å²) in [5.41, 5.74) is 1.93. The van der Waals surface area contributed by atoms with Gasteiger partial charge < -0.3 is 15.5 Å². The van der Waals surface area contributed by atoms with E-state index >= 15 is 0 Å². The molecule has 1 aliphatic heterocycles. The van der Waals surface area contributed by atoms with Crippen molar-refractivity contribution in [3.05, 3.63) is 29.8 Å². The molecule has 0 unspecified atom stereocenters. The fourth-order valence-corrected chi connectivity index (χ4v) is 2.68. The molecule has 6 heteroatoms. The van der Waals surface area contributed by atoms with E-state index in [1.165, 1.54) is 0 Å². The first kappa shape index (κ1) is 15.5. The Morgan fingerprint density at radius 2 is 1.91 bits per heavy atom. The monoisotopic (exact) mass is 315 g/mol. The highest BCUT2D eigenvalue weighted by Crippen LogP contribution is 2.25. The summed E-state index contributed by atoms with van der Waals surface area (Å²) in [5, 5.41) is 5.45. The van der Waals surface area contributed by atoms with Gasteiger partial charge in [0.1, 0.15) is 0 Å². The Hall–Kier alpha value is -2.37. The standard InChI is InChI=1S/C17H21N3O3/c1-11-2-6-14(7-3-11)20-10-12(8-16(20)22)17(23)18-9-15(21)19-13-4-5-13/h2-3,6-7,12-13H,4-5,8-10H2,1H3,(H,18,23)(H,19,21)/t12-/m1/s1. The fraction of sp³-hybridized carbons (Fsp3) is 0.471. The number of benzene rings is 1. The third-order valence-corrected chi connectivity index (χ3v) is 4.21. The molecule has 2 N–H and O–H groups in total. The van der Waals surface area contributed by atoms with Gasteiger partial charge in [-0.1, -0.05) is 17.7 Å². The fourth-order valence-electron chi connectivity index (χ4n) is 2.68. The maximum absolute atomic E-state index is 12.2. The van der Waals surface area contributed by atoms with Crippen molar-refractivity contribution in [2.24, 2.45) is 5.92 Å². The zero-order chi connectivity index (χ0) is 16.4. The average Bonchev–Trinajstić information content (AvgIpc) is 3.25. The molecule has 0 bridgehead atoms. The van der Waals surface area contributed by atoms with E-state index in [0.29, 0.717) is 6.54 Å². The van der Waals surface area contributed by atoms with E-state index in [4.69, 9.17) is 0 Å². The van der Waals surface area contributed by atoms with Gasteiger partial charge >= 0.3 is 0 Å². The van der Waals surface area contributed by atoms with E-state index in [-0.39, 0.29) is 36.7 Å². The van der Waals surface area contributed by atoms with Crippen molar-refractivity contribution in [3.63, 3.8) is 0 Å². The second-order valence-corrected chi connectivity index (χ2v) is 6.30. The molecule has 1 aromatic rings. The first-order valence-corrected chi connectivity index (χ1v) is 7.97. The number of hydrogen-bond donors (Lipinski definition) is 2. The van der Waals surface area contributed by atoms with Crippen LogP contribution in [-0.2, 0) is 14.4 Å². The van der Waals surface area contributed by atoms with Crippen LogP contribution < -0.4 is 15.5 Å². The van der Waals surface area contributed by atoms with Gasteiger partial charge in [0.2, 0.25) is 17.7 Å². The molecule has 2 fully saturated rings. The highest BCUT2D eigenvalue weighted by molar-refractivity contribution is 6.00. The summed E-state index contributed by atoms with van der Waals surface area (Å²) in [5.74, 6) is -0.867. The maximum atomic E-state index is 12.2. The third kappa shape index (κ3) is 3.88. The number of nitrogens with one attached hydrogen (secondary N) is 2. The lowest BCUT2D eigenvalue weighted by atomic mass is 10.1. The van der Waals surface area contributed by atoms with E-state index in [9.17, 15) is 14.4 Å². The van der Waals surface area contributed by atoms with Crippen LogP contribution in [0.5, 0.6) is 0 Å². The van der Waals surface area contributed by atoms with Gasteiger partial charge in [0.15, 0.2) is 0 Å². The number of carbonyl (C=O) groups excluding carboxylic acids is 3. The lowest BCUT2D eigenvalue weighted by Crippen LogP contribution is -2.40. The summed E-state index contributed by atoms with van der Waals surface area (Å²) in [6.07, 6.45) is 2.22. The van der Waals surface area contributed by atoms with Gasteiger partial charge in [0, 0.05) is 24.7 Å². The van der Waals surface area contributed by atoms with Crippen molar-refractivity contribution in [2.45, 2.75) is 32.2 Å². The zero-order valence-electron chi connectivity index (χ0n) is 13.2. The Balaban J connectivity index is 1.52. The van der Waals surface area contributed by atoms with E-state index in [1.54, 1.807) is 4.90 Å². The summed E-state index contributed by atoms with van der Waals surface area (Å²) in [6.45, 7) is 2.32.